The van der Waals surface area contributed by atoms with Gasteiger partial charge >= 0.3 is 0 Å². The summed E-state index contributed by atoms with van der Waals surface area (Å²) < 4.78 is 5.23. The highest BCUT2D eigenvalue weighted by Gasteiger charge is 2.31. The normalized spacial score (nSPS) is 22.3. The van der Waals surface area contributed by atoms with Crippen molar-refractivity contribution in [2.75, 3.05) is 59.5 Å². The van der Waals surface area contributed by atoms with Gasteiger partial charge in [-0.25, -0.2) is 0 Å². The van der Waals surface area contributed by atoms with Crippen molar-refractivity contribution < 1.29 is 14.6 Å². The van der Waals surface area contributed by atoms with Crippen LogP contribution in [0.3, 0.4) is 0 Å². The van der Waals surface area contributed by atoms with E-state index in [0.717, 1.165) is 57.9 Å². The first kappa shape index (κ1) is 18.2. The highest BCUT2D eigenvalue weighted by Crippen LogP contribution is 2.32. The Hall–Kier alpha value is -1.63. The number of benzene rings is 1. The zero-order valence-electron chi connectivity index (χ0n) is 15.1. The molecule has 25 heavy (non-hydrogen) atoms. The van der Waals surface area contributed by atoms with Crippen LogP contribution in [-0.4, -0.2) is 85.2 Å². The third-order valence-electron chi connectivity index (χ3n) is 5.31. The van der Waals surface area contributed by atoms with Crippen molar-refractivity contribution >= 4 is 5.91 Å². The van der Waals surface area contributed by atoms with E-state index in [4.69, 9.17) is 9.84 Å². The maximum absolute atomic E-state index is 12.8. The van der Waals surface area contributed by atoms with Gasteiger partial charge in [0, 0.05) is 39.3 Å². The van der Waals surface area contributed by atoms with E-state index in [0.29, 0.717) is 6.54 Å². The summed E-state index contributed by atoms with van der Waals surface area (Å²) in [6.45, 7) is 5.92. The summed E-state index contributed by atoms with van der Waals surface area (Å²) in [7, 11) is 1.67. The van der Waals surface area contributed by atoms with E-state index in [1.807, 2.05) is 17.0 Å². The van der Waals surface area contributed by atoms with Crippen LogP contribution in [0.5, 0.6) is 5.75 Å². The maximum atomic E-state index is 12.8. The molecule has 0 saturated carbocycles. The predicted molar refractivity (Wildman–Crippen MR) is 96.6 cm³/mol. The molecule has 3 rings (SSSR count). The molecule has 0 unspecified atom stereocenters. The fraction of sp³-hybridized carbons (Fsp3) is 0.632. The molecule has 0 radical (unpaired) electrons. The molecule has 1 N–H and O–H groups in total. The van der Waals surface area contributed by atoms with Gasteiger partial charge in [-0.3, -0.25) is 14.6 Å². The van der Waals surface area contributed by atoms with Gasteiger partial charge in [0.25, 0.3) is 0 Å². The zero-order valence-corrected chi connectivity index (χ0v) is 15.1. The van der Waals surface area contributed by atoms with Gasteiger partial charge in [-0.1, -0.05) is 12.1 Å². The lowest BCUT2D eigenvalue weighted by atomic mass is 10.0. The number of rotatable bonds is 6. The van der Waals surface area contributed by atoms with Crippen molar-refractivity contribution in [3.63, 3.8) is 0 Å². The molecule has 2 aliphatic heterocycles. The summed E-state index contributed by atoms with van der Waals surface area (Å²) >= 11 is 0. The van der Waals surface area contributed by atoms with E-state index in [1.54, 1.807) is 7.11 Å². The average molecular weight is 347 g/mol. The summed E-state index contributed by atoms with van der Waals surface area (Å²) in [6, 6.07) is 8.27. The lowest BCUT2D eigenvalue weighted by Crippen LogP contribution is -2.50. The molecule has 1 atom stereocenters. The van der Waals surface area contributed by atoms with Crippen molar-refractivity contribution in [3.8, 4) is 5.75 Å². The molecule has 0 aliphatic carbocycles. The Kier molecular flexibility index (Phi) is 6.29. The van der Waals surface area contributed by atoms with Crippen LogP contribution in [-0.2, 0) is 4.79 Å². The molecule has 0 bridgehead atoms. The van der Waals surface area contributed by atoms with Gasteiger partial charge in [0.1, 0.15) is 5.75 Å². The second kappa shape index (κ2) is 8.65. The van der Waals surface area contributed by atoms with E-state index in [2.05, 4.69) is 21.9 Å². The van der Waals surface area contributed by atoms with Gasteiger partial charge in [0.2, 0.25) is 5.91 Å². The summed E-state index contributed by atoms with van der Waals surface area (Å²) in [5, 5.41) is 9.02. The number of piperazine rings is 1. The van der Waals surface area contributed by atoms with E-state index in [1.165, 1.54) is 5.56 Å². The number of carbonyl (C=O) groups excluding carboxylic acids is 1. The van der Waals surface area contributed by atoms with Crippen LogP contribution in [0.25, 0.3) is 0 Å². The predicted octanol–water partition coefficient (Wildman–Crippen LogP) is 0.969. The number of aliphatic hydroxyl groups is 1. The monoisotopic (exact) mass is 347 g/mol. The number of hydrogen-bond acceptors (Lipinski definition) is 5. The second-order valence-corrected chi connectivity index (χ2v) is 6.86. The molecule has 0 spiro atoms. The number of ether oxygens (including phenoxy) is 1. The molecular weight excluding hydrogens is 318 g/mol. The molecule has 6 heteroatoms. The molecule has 1 aromatic rings. The molecule has 2 fully saturated rings. The fourth-order valence-electron chi connectivity index (χ4n) is 3.83. The minimum absolute atomic E-state index is 0.189. The van der Waals surface area contributed by atoms with Crippen LogP contribution >= 0.6 is 0 Å². The minimum atomic E-state index is 0.189. The first-order chi connectivity index (χ1) is 12.2. The van der Waals surface area contributed by atoms with Crippen LogP contribution in [0, 0.1) is 0 Å². The first-order valence-electron chi connectivity index (χ1n) is 9.20. The molecule has 2 aliphatic rings. The molecule has 138 valence electrons. The third-order valence-corrected chi connectivity index (χ3v) is 5.31. The Morgan fingerprint density at radius 2 is 1.80 bits per heavy atom. The highest BCUT2D eigenvalue weighted by molar-refractivity contribution is 5.79. The Morgan fingerprint density at radius 3 is 2.44 bits per heavy atom. The molecule has 2 heterocycles. The van der Waals surface area contributed by atoms with E-state index < -0.39 is 0 Å². The van der Waals surface area contributed by atoms with Crippen LogP contribution in [0.15, 0.2) is 24.3 Å². The smallest absolute Gasteiger partial charge is 0.237 e. The molecule has 1 aromatic carbocycles. The number of carbonyl (C=O) groups is 1. The quantitative estimate of drug-likeness (QED) is 0.831. The van der Waals surface area contributed by atoms with Crippen LogP contribution < -0.4 is 4.74 Å². The summed E-state index contributed by atoms with van der Waals surface area (Å²) in [4.78, 5) is 19.4. The molecule has 6 nitrogen and oxygen atoms in total. The molecular formula is C19H29N3O3. The highest BCUT2D eigenvalue weighted by atomic mass is 16.5. The number of aliphatic hydroxyl groups excluding tert-OH is 1. The number of β-amino-alcohol motifs (C(OH)–C–C–N with tert-alkyl or cyclic N) is 1. The summed E-state index contributed by atoms with van der Waals surface area (Å²) in [6.07, 6.45) is 2.09. The Morgan fingerprint density at radius 1 is 1.12 bits per heavy atom. The van der Waals surface area contributed by atoms with Crippen molar-refractivity contribution in [2.45, 2.75) is 18.9 Å². The SMILES string of the molecule is COc1ccc([C@H]2CCCN2C(=O)CN2CCN(CCO)CC2)cc1. The summed E-state index contributed by atoms with van der Waals surface area (Å²) in [5.74, 6) is 1.08. The van der Waals surface area contributed by atoms with Gasteiger partial charge in [-0.15, -0.1) is 0 Å². The van der Waals surface area contributed by atoms with Crippen molar-refractivity contribution in [3.05, 3.63) is 29.8 Å². The average Bonchev–Trinajstić information content (AvgIpc) is 3.13. The lowest BCUT2D eigenvalue weighted by Gasteiger charge is -2.35. The molecule has 0 aromatic heterocycles. The van der Waals surface area contributed by atoms with Crippen LogP contribution in [0.1, 0.15) is 24.4 Å². The zero-order chi connectivity index (χ0) is 17.6. The van der Waals surface area contributed by atoms with Crippen molar-refractivity contribution in [1.82, 2.24) is 14.7 Å². The fourth-order valence-corrected chi connectivity index (χ4v) is 3.83. The van der Waals surface area contributed by atoms with Gasteiger partial charge < -0.3 is 14.7 Å². The molecule has 1 amide bonds. The number of nitrogens with zero attached hydrogens (tertiary/aromatic N) is 3. The Labute approximate surface area is 150 Å². The van der Waals surface area contributed by atoms with Crippen LogP contribution in [0.4, 0.5) is 0 Å². The standard InChI is InChI=1S/C19H29N3O3/c1-25-17-6-4-16(5-7-17)18-3-2-8-22(18)19(24)15-21-11-9-20(10-12-21)13-14-23/h4-7,18,23H,2-3,8-15H2,1H3/t18-/m1/s1. The van der Waals surface area contributed by atoms with Crippen LogP contribution in [0.2, 0.25) is 0 Å². The number of likely N-dealkylation sites (tertiary alicyclic amines) is 1. The number of methoxy groups -OCH3 is 1. The van der Waals surface area contributed by atoms with Gasteiger partial charge in [-0.2, -0.15) is 0 Å². The number of amides is 1. The Balaban J connectivity index is 1.55. The first-order valence-corrected chi connectivity index (χ1v) is 9.20. The second-order valence-electron chi connectivity index (χ2n) is 6.86. The summed E-state index contributed by atoms with van der Waals surface area (Å²) in [5.41, 5.74) is 1.19. The molecule has 2 saturated heterocycles. The van der Waals surface area contributed by atoms with Gasteiger partial charge in [0.05, 0.1) is 26.3 Å². The largest absolute Gasteiger partial charge is 0.497 e. The maximum Gasteiger partial charge on any atom is 0.237 e. The van der Waals surface area contributed by atoms with E-state index in [-0.39, 0.29) is 18.6 Å². The van der Waals surface area contributed by atoms with Crippen molar-refractivity contribution in [1.29, 1.82) is 0 Å². The lowest BCUT2D eigenvalue weighted by molar-refractivity contribution is -0.133. The third kappa shape index (κ3) is 4.51. The number of hydrogen-bond donors (Lipinski definition) is 1. The van der Waals surface area contributed by atoms with Crippen molar-refractivity contribution in [2.24, 2.45) is 0 Å². The van der Waals surface area contributed by atoms with E-state index in [9.17, 15) is 4.79 Å². The van der Waals surface area contributed by atoms with Gasteiger partial charge in [0.15, 0.2) is 0 Å². The van der Waals surface area contributed by atoms with Gasteiger partial charge in [-0.05, 0) is 30.5 Å². The van der Waals surface area contributed by atoms with E-state index >= 15 is 0 Å². The Bertz CT molecular complexity index is 556. The topological polar surface area (TPSA) is 56.2 Å². The minimum Gasteiger partial charge on any atom is -0.497 e.